The molecule has 19 heavy (non-hydrogen) atoms. The van der Waals surface area contributed by atoms with Gasteiger partial charge in [-0.3, -0.25) is 4.79 Å². The summed E-state index contributed by atoms with van der Waals surface area (Å²) >= 11 is 0. The number of hydrogen-bond acceptors (Lipinski definition) is 5. The Morgan fingerprint density at radius 2 is 2.37 bits per heavy atom. The molecule has 1 aliphatic rings. The predicted octanol–water partition coefficient (Wildman–Crippen LogP) is 1.03. The van der Waals surface area contributed by atoms with Gasteiger partial charge in [-0.25, -0.2) is 0 Å². The monoisotopic (exact) mass is 288 g/mol. The Balaban J connectivity index is 0.00000180. The van der Waals surface area contributed by atoms with Crippen LogP contribution in [0, 0.1) is 6.92 Å². The van der Waals surface area contributed by atoms with E-state index in [2.05, 4.69) is 20.7 Å². The second-order valence-electron chi connectivity index (χ2n) is 4.57. The minimum Gasteiger partial charge on any atom is -0.360 e. The zero-order chi connectivity index (χ0) is 12.8. The van der Waals surface area contributed by atoms with Gasteiger partial charge in [-0.15, -0.1) is 12.4 Å². The first-order valence-electron chi connectivity index (χ1n) is 6.40. The zero-order valence-electron chi connectivity index (χ0n) is 11.1. The third-order valence-electron chi connectivity index (χ3n) is 2.98. The number of carbonyl (C=O) groups is 1. The number of aryl methyl sites for hydroxylation is 1. The fourth-order valence-corrected chi connectivity index (χ4v) is 2.02. The lowest BCUT2D eigenvalue weighted by Crippen LogP contribution is -2.31. The summed E-state index contributed by atoms with van der Waals surface area (Å²) in [5, 5.41) is 9.81. The van der Waals surface area contributed by atoms with Gasteiger partial charge in [0.25, 0.3) is 0 Å². The molecule has 1 amide bonds. The van der Waals surface area contributed by atoms with Crippen LogP contribution in [0.15, 0.2) is 10.6 Å². The SMILES string of the molecule is Cc1cc(NC(=O)CCN2CCCNCC2)no1.Cl. The van der Waals surface area contributed by atoms with Crippen LogP contribution in [-0.2, 0) is 4.79 Å². The average Bonchev–Trinajstić information content (AvgIpc) is 2.62. The van der Waals surface area contributed by atoms with Crippen LogP contribution in [0.1, 0.15) is 18.6 Å². The van der Waals surface area contributed by atoms with Crippen molar-refractivity contribution in [2.45, 2.75) is 19.8 Å². The van der Waals surface area contributed by atoms with Crippen molar-refractivity contribution in [1.82, 2.24) is 15.4 Å². The summed E-state index contributed by atoms with van der Waals surface area (Å²) in [5.74, 6) is 1.18. The highest BCUT2D eigenvalue weighted by Gasteiger charge is 2.11. The molecule has 2 N–H and O–H groups in total. The van der Waals surface area contributed by atoms with Crippen LogP contribution in [0.2, 0.25) is 0 Å². The number of amides is 1. The van der Waals surface area contributed by atoms with Gasteiger partial charge in [0.2, 0.25) is 5.91 Å². The first-order valence-corrected chi connectivity index (χ1v) is 6.40. The van der Waals surface area contributed by atoms with Crippen LogP contribution >= 0.6 is 12.4 Å². The van der Waals surface area contributed by atoms with E-state index in [4.69, 9.17) is 4.52 Å². The summed E-state index contributed by atoms with van der Waals surface area (Å²) < 4.78 is 4.89. The molecule has 2 heterocycles. The highest BCUT2D eigenvalue weighted by atomic mass is 35.5. The van der Waals surface area contributed by atoms with Crippen LogP contribution in [-0.4, -0.2) is 48.7 Å². The van der Waals surface area contributed by atoms with E-state index >= 15 is 0 Å². The minimum atomic E-state index is -0.0134. The van der Waals surface area contributed by atoms with E-state index in [0.717, 1.165) is 39.1 Å². The number of nitrogens with one attached hydrogen (secondary N) is 2. The molecular formula is C12H21ClN4O2. The Bertz CT molecular complexity index is 389. The quantitative estimate of drug-likeness (QED) is 0.866. The van der Waals surface area contributed by atoms with Gasteiger partial charge in [-0.05, 0) is 26.4 Å². The Labute approximate surface area is 119 Å². The van der Waals surface area contributed by atoms with Gasteiger partial charge >= 0.3 is 0 Å². The summed E-state index contributed by atoms with van der Waals surface area (Å²) in [5.41, 5.74) is 0. The van der Waals surface area contributed by atoms with Crippen LogP contribution < -0.4 is 10.6 Å². The average molecular weight is 289 g/mol. The molecule has 1 aromatic rings. The molecule has 1 saturated heterocycles. The minimum absolute atomic E-state index is 0. The third-order valence-corrected chi connectivity index (χ3v) is 2.98. The Morgan fingerprint density at radius 3 is 3.11 bits per heavy atom. The van der Waals surface area contributed by atoms with Crippen molar-refractivity contribution < 1.29 is 9.32 Å². The lowest BCUT2D eigenvalue weighted by Gasteiger charge is -2.18. The number of nitrogens with zero attached hydrogens (tertiary/aromatic N) is 2. The smallest absolute Gasteiger partial charge is 0.226 e. The molecule has 1 fully saturated rings. The number of halogens is 1. The number of rotatable bonds is 4. The highest BCUT2D eigenvalue weighted by Crippen LogP contribution is 2.07. The lowest BCUT2D eigenvalue weighted by atomic mass is 10.3. The summed E-state index contributed by atoms with van der Waals surface area (Å²) in [4.78, 5) is 14.0. The molecule has 0 unspecified atom stereocenters. The standard InChI is InChI=1S/C12H20N4O2.ClH/c1-10-9-11(15-18-10)14-12(17)3-7-16-6-2-4-13-5-8-16;/h9,13H,2-8H2,1H3,(H,14,15,17);1H. The summed E-state index contributed by atoms with van der Waals surface area (Å²) in [6.45, 7) is 6.74. The van der Waals surface area contributed by atoms with Crippen molar-refractivity contribution >= 4 is 24.1 Å². The Hall–Kier alpha value is -1.11. The molecule has 6 nitrogen and oxygen atoms in total. The number of hydrogen-bond donors (Lipinski definition) is 2. The van der Waals surface area contributed by atoms with Gasteiger partial charge in [0, 0.05) is 32.1 Å². The van der Waals surface area contributed by atoms with E-state index < -0.39 is 0 Å². The Morgan fingerprint density at radius 1 is 1.53 bits per heavy atom. The molecule has 7 heteroatoms. The van der Waals surface area contributed by atoms with Crippen molar-refractivity contribution in [2.24, 2.45) is 0 Å². The molecule has 1 aromatic heterocycles. The molecule has 0 atom stereocenters. The van der Waals surface area contributed by atoms with Crippen molar-refractivity contribution in [1.29, 1.82) is 0 Å². The normalized spacial score (nSPS) is 16.5. The first-order chi connectivity index (χ1) is 8.74. The maximum absolute atomic E-state index is 11.7. The predicted molar refractivity (Wildman–Crippen MR) is 75.7 cm³/mol. The van der Waals surface area contributed by atoms with Gasteiger partial charge < -0.3 is 20.1 Å². The van der Waals surface area contributed by atoms with E-state index in [1.54, 1.807) is 13.0 Å². The molecule has 0 radical (unpaired) electrons. The van der Waals surface area contributed by atoms with E-state index in [-0.39, 0.29) is 18.3 Å². The fourth-order valence-electron chi connectivity index (χ4n) is 2.02. The first kappa shape index (κ1) is 15.9. The van der Waals surface area contributed by atoms with Gasteiger partial charge in [0.1, 0.15) is 5.76 Å². The molecule has 0 saturated carbocycles. The summed E-state index contributed by atoms with van der Waals surface area (Å²) in [6.07, 6.45) is 1.63. The zero-order valence-corrected chi connectivity index (χ0v) is 12.0. The van der Waals surface area contributed by atoms with E-state index in [0.29, 0.717) is 18.0 Å². The number of anilines is 1. The molecule has 0 aromatic carbocycles. The van der Waals surface area contributed by atoms with Crippen molar-refractivity contribution in [3.05, 3.63) is 11.8 Å². The van der Waals surface area contributed by atoms with Gasteiger partial charge in [-0.2, -0.15) is 0 Å². The van der Waals surface area contributed by atoms with Crippen molar-refractivity contribution in [3.63, 3.8) is 0 Å². The largest absolute Gasteiger partial charge is 0.360 e. The number of aromatic nitrogens is 1. The van der Waals surface area contributed by atoms with Crippen LogP contribution in [0.3, 0.4) is 0 Å². The molecule has 1 aliphatic heterocycles. The highest BCUT2D eigenvalue weighted by molar-refractivity contribution is 5.89. The van der Waals surface area contributed by atoms with Crippen LogP contribution in [0.5, 0.6) is 0 Å². The topological polar surface area (TPSA) is 70.4 Å². The maximum atomic E-state index is 11.7. The van der Waals surface area contributed by atoms with E-state index in [1.807, 2.05) is 0 Å². The Kier molecular flexibility index (Phi) is 6.83. The molecule has 0 spiro atoms. The summed E-state index contributed by atoms with van der Waals surface area (Å²) in [7, 11) is 0. The molecular weight excluding hydrogens is 268 g/mol. The fraction of sp³-hybridized carbons (Fsp3) is 0.667. The molecule has 108 valence electrons. The van der Waals surface area contributed by atoms with Crippen LogP contribution in [0.4, 0.5) is 5.82 Å². The van der Waals surface area contributed by atoms with Crippen molar-refractivity contribution in [2.75, 3.05) is 38.0 Å². The van der Waals surface area contributed by atoms with Gasteiger partial charge in [0.15, 0.2) is 5.82 Å². The van der Waals surface area contributed by atoms with Gasteiger partial charge in [-0.1, -0.05) is 5.16 Å². The molecule has 0 aliphatic carbocycles. The second kappa shape index (κ2) is 8.14. The summed E-state index contributed by atoms with van der Waals surface area (Å²) in [6, 6.07) is 1.72. The maximum Gasteiger partial charge on any atom is 0.226 e. The second-order valence-corrected chi connectivity index (χ2v) is 4.57. The van der Waals surface area contributed by atoms with Crippen LogP contribution in [0.25, 0.3) is 0 Å². The third kappa shape index (κ3) is 5.59. The lowest BCUT2D eigenvalue weighted by molar-refractivity contribution is -0.116. The van der Waals surface area contributed by atoms with E-state index in [1.165, 1.54) is 0 Å². The number of carbonyl (C=O) groups excluding carboxylic acids is 1. The molecule has 0 bridgehead atoms. The molecule has 2 rings (SSSR count). The van der Waals surface area contributed by atoms with Gasteiger partial charge in [0.05, 0.1) is 0 Å². The van der Waals surface area contributed by atoms with Crippen molar-refractivity contribution in [3.8, 4) is 0 Å². The van der Waals surface area contributed by atoms with E-state index in [9.17, 15) is 4.79 Å².